The molecule has 0 atom stereocenters. The van der Waals surface area contributed by atoms with E-state index in [1.54, 1.807) is 0 Å². The molecule has 0 heterocycles. The van der Waals surface area contributed by atoms with E-state index >= 15 is 0 Å². The van der Waals surface area contributed by atoms with E-state index in [4.69, 9.17) is 14.9 Å². The predicted octanol–water partition coefficient (Wildman–Crippen LogP) is 1.68. The summed E-state index contributed by atoms with van der Waals surface area (Å²) in [7, 11) is 0. The van der Waals surface area contributed by atoms with Crippen LogP contribution in [0.2, 0.25) is 0 Å². The van der Waals surface area contributed by atoms with Crippen LogP contribution in [0.15, 0.2) is 42.5 Å². The highest BCUT2D eigenvalue weighted by atomic mass is 17.2. The number of aliphatic hydroxyl groups is 1. The minimum atomic E-state index is -0.0747. The molecule has 0 unspecified atom stereocenters. The lowest BCUT2D eigenvalue weighted by atomic mass is 10.2. The molecule has 1 rings (SSSR count). The van der Waals surface area contributed by atoms with E-state index in [1.807, 2.05) is 30.3 Å². The van der Waals surface area contributed by atoms with Gasteiger partial charge in [0.1, 0.15) is 13.2 Å². The molecule has 0 aliphatic carbocycles. The maximum absolute atomic E-state index is 8.62. The molecule has 0 aliphatic rings. The van der Waals surface area contributed by atoms with Crippen molar-refractivity contribution in [1.82, 2.24) is 0 Å². The second-order valence-electron chi connectivity index (χ2n) is 2.92. The Morgan fingerprint density at radius 2 is 1.93 bits per heavy atom. The molecule has 0 radical (unpaired) electrons. The van der Waals surface area contributed by atoms with Gasteiger partial charge in [-0.05, 0) is 11.1 Å². The van der Waals surface area contributed by atoms with Gasteiger partial charge in [0.2, 0.25) is 0 Å². The second-order valence-corrected chi connectivity index (χ2v) is 2.92. The zero-order valence-corrected chi connectivity index (χ0v) is 7.98. The van der Waals surface area contributed by atoms with Crippen LogP contribution in [0.5, 0.6) is 0 Å². The molecule has 3 nitrogen and oxygen atoms in total. The van der Waals surface area contributed by atoms with Gasteiger partial charge in [-0.3, -0.25) is 0 Å². The van der Waals surface area contributed by atoms with Crippen LogP contribution >= 0.6 is 0 Å². The van der Waals surface area contributed by atoms with Gasteiger partial charge in [-0.2, -0.15) is 0 Å². The summed E-state index contributed by atoms with van der Waals surface area (Å²) in [4.78, 5) is 9.75. The van der Waals surface area contributed by atoms with Crippen LogP contribution in [0.4, 0.5) is 0 Å². The topological polar surface area (TPSA) is 38.7 Å². The Kier molecular flexibility index (Phi) is 4.93. The summed E-state index contributed by atoms with van der Waals surface area (Å²) in [6.07, 6.45) is 0. The first-order valence-electron chi connectivity index (χ1n) is 4.39. The van der Waals surface area contributed by atoms with Crippen molar-refractivity contribution in [3.05, 3.63) is 48.0 Å². The Morgan fingerprint density at radius 1 is 1.21 bits per heavy atom. The molecular weight excluding hydrogens is 180 g/mol. The van der Waals surface area contributed by atoms with Gasteiger partial charge in [0.15, 0.2) is 0 Å². The average Bonchev–Trinajstić information content (AvgIpc) is 2.25. The molecule has 1 aromatic rings. The normalized spacial score (nSPS) is 10.1. The molecule has 0 amide bonds. The fraction of sp³-hybridized carbons (Fsp3) is 0.273. The largest absolute Gasteiger partial charge is 0.392 e. The van der Waals surface area contributed by atoms with Crippen molar-refractivity contribution in [1.29, 1.82) is 0 Å². The van der Waals surface area contributed by atoms with Crippen molar-refractivity contribution in [2.45, 2.75) is 6.61 Å². The quantitative estimate of drug-likeness (QED) is 0.324. The summed E-state index contributed by atoms with van der Waals surface area (Å²) in [5.41, 5.74) is 1.64. The summed E-state index contributed by atoms with van der Waals surface area (Å²) in [5.74, 6) is 0. The first-order valence-corrected chi connectivity index (χ1v) is 4.39. The van der Waals surface area contributed by atoms with Gasteiger partial charge < -0.3 is 5.11 Å². The van der Waals surface area contributed by atoms with E-state index in [0.717, 1.165) is 5.56 Å². The third kappa shape index (κ3) is 4.18. The molecule has 14 heavy (non-hydrogen) atoms. The van der Waals surface area contributed by atoms with Crippen LogP contribution in [0.1, 0.15) is 5.56 Å². The molecule has 0 saturated heterocycles. The van der Waals surface area contributed by atoms with Gasteiger partial charge in [-0.25, -0.2) is 9.78 Å². The van der Waals surface area contributed by atoms with Crippen LogP contribution in [0.25, 0.3) is 0 Å². The molecule has 0 bridgehead atoms. The maximum Gasteiger partial charge on any atom is 0.107 e. The van der Waals surface area contributed by atoms with Crippen LogP contribution in [0.3, 0.4) is 0 Å². The highest BCUT2D eigenvalue weighted by Gasteiger charge is 1.94. The third-order valence-corrected chi connectivity index (χ3v) is 1.64. The molecule has 3 heteroatoms. The smallest absolute Gasteiger partial charge is 0.107 e. The summed E-state index contributed by atoms with van der Waals surface area (Å²) in [6.45, 7) is 4.12. The Labute approximate surface area is 83.5 Å². The van der Waals surface area contributed by atoms with Crippen molar-refractivity contribution in [3.8, 4) is 0 Å². The van der Waals surface area contributed by atoms with Crippen LogP contribution in [-0.4, -0.2) is 18.3 Å². The van der Waals surface area contributed by atoms with Gasteiger partial charge in [0.25, 0.3) is 0 Å². The standard InChI is InChI=1S/C11H14O3/c1-10(7-12)8-13-14-9-11-5-3-2-4-6-11/h2-6,12H,1,7-9H2. The fourth-order valence-electron chi connectivity index (χ4n) is 0.855. The summed E-state index contributed by atoms with van der Waals surface area (Å²) in [6, 6.07) is 9.71. The number of hydrogen-bond acceptors (Lipinski definition) is 3. The molecule has 0 saturated carbocycles. The highest BCUT2D eigenvalue weighted by molar-refractivity contribution is 5.13. The Morgan fingerprint density at radius 3 is 2.57 bits per heavy atom. The average molecular weight is 194 g/mol. The Hall–Kier alpha value is -1.16. The molecule has 0 aliphatic heterocycles. The van der Waals surface area contributed by atoms with Crippen molar-refractivity contribution >= 4 is 0 Å². The van der Waals surface area contributed by atoms with Crippen molar-refractivity contribution in [2.75, 3.05) is 13.2 Å². The van der Waals surface area contributed by atoms with Gasteiger partial charge in [-0.15, -0.1) is 0 Å². The third-order valence-electron chi connectivity index (χ3n) is 1.64. The van der Waals surface area contributed by atoms with E-state index in [0.29, 0.717) is 12.2 Å². The van der Waals surface area contributed by atoms with Crippen LogP contribution < -0.4 is 0 Å². The van der Waals surface area contributed by atoms with Crippen molar-refractivity contribution in [2.24, 2.45) is 0 Å². The number of benzene rings is 1. The monoisotopic (exact) mass is 194 g/mol. The van der Waals surface area contributed by atoms with Gasteiger partial charge >= 0.3 is 0 Å². The molecule has 76 valence electrons. The number of hydrogen-bond donors (Lipinski definition) is 1. The van der Waals surface area contributed by atoms with Gasteiger partial charge in [-0.1, -0.05) is 36.9 Å². The lowest BCUT2D eigenvalue weighted by Crippen LogP contribution is -2.02. The van der Waals surface area contributed by atoms with Crippen molar-refractivity contribution < 1.29 is 14.9 Å². The van der Waals surface area contributed by atoms with E-state index in [-0.39, 0.29) is 13.2 Å². The summed E-state index contributed by atoms with van der Waals surface area (Å²) in [5, 5.41) is 8.62. The maximum atomic E-state index is 8.62. The van der Waals surface area contributed by atoms with Gasteiger partial charge in [0, 0.05) is 0 Å². The first kappa shape index (κ1) is 10.9. The SMILES string of the molecule is C=C(CO)COOCc1ccccc1. The van der Waals surface area contributed by atoms with Crippen LogP contribution in [-0.2, 0) is 16.4 Å². The highest BCUT2D eigenvalue weighted by Crippen LogP contribution is 2.01. The fourth-order valence-corrected chi connectivity index (χ4v) is 0.855. The first-order chi connectivity index (χ1) is 6.83. The molecular formula is C11H14O3. The number of rotatable bonds is 6. The second kappa shape index (κ2) is 6.32. The number of aliphatic hydroxyl groups excluding tert-OH is 1. The Balaban J connectivity index is 2.13. The van der Waals surface area contributed by atoms with Crippen LogP contribution in [0, 0.1) is 0 Å². The lowest BCUT2D eigenvalue weighted by molar-refractivity contribution is -0.298. The van der Waals surface area contributed by atoms with E-state index < -0.39 is 0 Å². The minimum Gasteiger partial charge on any atom is -0.392 e. The van der Waals surface area contributed by atoms with Crippen molar-refractivity contribution in [3.63, 3.8) is 0 Å². The zero-order chi connectivity index (χ0) is 10.2. The van der Waals surface area contributed by atoms with E-state index in [2.05, 4.69) is 6.58 Å². The Bertz CT molecular complexity index is 269. The van der Waals surface area contributed by atoms with E-state index in [1.165, 1.54) is 0 Å². The van der Waals surface area contributed by atoms with Gasteiger partial charge in [0.05, 0.1) is 6.61 Å². The molecule has 1 aromatic carbocycles. The summed E-state index contributed by atoms with van der Waals surface area (Å²) >= 11 is 0. The molecule has 0 aromatic heterocycles. The minimum absolute atomic E-state index is 0.0747. The molecule has 0 fully saturated rings. The zero-order valence-electron chi connectivity index (χ0n) is 7.98. The predicted molar refractivity (Wildman–Crippen MR) is 53.4 cm³/mol. The molecule has 0 spiro atoms. The summed E-state index contributed by atoms with van der Waals surface area (Å²) < 4.78 is 0. The molecule has 1 N–H and O–H groups in total. The van der Waals surface area contributed by atoms with E-state index in [9.17, 15) is 0 Å². The lowest BCUT2D eigenvalue weighted by Gasteiger charge is -2.04.